The Morgan fingerprint density at radius 3 is 2.26 bits per heavy atom. The second-order valence-corrected chi connectivity index (χ2v) is 8.10. The van der Waals surface area contributed by atoms with Crippen LogP contribution in [0.1, 0.15) is 11.1 Å². The van der Waals surface area contributed by atoms with Gasteiger partial charge in [0.2, 0.25) is 0 Å². The molecule has 0 aliphatic heterocycles. The number of benzene rings is 3. The van der Waals surface area contributed by atoms with E-state index in [2.05, 4.69) is 5.10 Å². The van der Waals surface area contributed by atoms with Crippen LogP contribution in [0.2, 0.25) is 5.02 Å². The van der Waals surface area contributed by atoms with Crippen molar-refractivity contribution < 1.29 is 4.74 Å². The highest BCUT2D eigenvalue weighted by atomic mass is 35.5. The Morgan fingerprint density at radius 1 is 0.968 bits per heavy atom. The molecule has 31 heavy (non-hydrogen) atoms. The van der Waals surface area contributed by atoms with Gasteiger partial charge in [0.1, 0.15) is 28.2 Å². The molecule has 1 aromatic heterocycles. The highest BCUT2D eigenvalue weighted by Crippen LogP contribution is 2.30. The second-order valence-electron chi connectivity index (χ2n) is 6.60. The van der Waals surface area contributed by atoms with Gasteiger partial charge < -0.3 is 4.74 Å². The zero-order valence-electron chi connectivity index (χ0n) is 16.4. The smallest absolute Gasteiger partial charge is 0.289 e. The summed E-state index contributed by atoms with van der Waals surface area (Å²) in [4.78, 5) is 13.8. The fourth-order valence-corrected chi connectivity index (χ4v) is 3.88. The van der Waals surface area contributed by atoms with Crippen LogP contribution in [0.5, 0.6) is 11.5 Å². The minimum absolute atomic E-state index is 0.0658. The Bertz CT molecular complexity index is 1310. The van der Waals surface area contributed by atoms with Crippen LogP contribution < -0.4 is 10.3 Å². The maximum Gasteiger partial charge on any atom is 0.289 e. The fraction of sp³-hybridized carbons (Fsp3) is 0.0417. The van der Waals surface area contributed by atoms with Gasteiger partial charge in [0, 0.05) is 15.5 Å². The first kappa shape index (κ1) is 20.7. The van der Waals surface area contributed by atoms with Crippen LogP contribution in [0.4, 0.5) is 0 Å². The molecule has 0 aliphatic rings. The van der Waals surface area contributed by atoms with Gasteiger partial charge in [-0.3, -0.25) is 4.79 Å². The summed E-state index contributed by atoms with van der Waals surface area (Å²) >= 11 is 7.33. The standard InChI is InChI=1S/C24H16ClN3O2S/c1-16-22(15-26)24(29)28(27-23(16)31-21-13-7-17(25)8-14-21)18-9-11-20(12-10-18)30-19-5-3-2-4-6-19/h2-14H,1H3. The third-order valence-corrected chi connectivity index (χ3v) is 5.83. The van der Waals surface area contributed by atoms with E-state index in [1.807, 2.05) is 48.5 Å². The van der Waals surface area contributed by atoms with Crippen molar-refractivity contribution >= 4 is 23.4 Å². The van der Waals surface area contributed by atoms with Crippen molar-refractivity contribution in [3.63, 3.8) is 0 Å². The van der Waals surface area contributed by atoms with Gasteiger partial charge in [-0.05, 0) is 67.6 Å². The summed E-state index contributed by atoms with van der Waals surface area (Å²) in [6.45, 7) is 1.73. The molecule has 0 saturated carbocycles. The lowest BCUT2D eigenvalue weighted by Crippen LogP contribution is -2.25. The lowest BCUT2D eigenvalue weighted by molar-refractivity contribution is 0.482. The van der Waals surface area contributed by atoms with Gasteiger partial charge in [0.15, 0.2) is 0 Å². The summed E-state index contributed by atoms with van der Waals surface area (Å²) in [5, 5.41) is 15.3. The molecule has 7 heteroatoms. The van der Waals surface area contributed by atoms with E-state index in [9.17, 15) is 10.1 Å². The van der Waals surface area contributed by atoms with E-state index in [-0.39, 0.29) is 5.56 Å². The molecule has 0 N–H and O–H groups in total. The second kappa shape index (κ2) is 9.09. The van der Waals surface area contributed by atoms with E-state index >= 15 is 0 Å². The highest BCUT2D eigenvalue weighted by molar-refractivity contribution is 7.99. The lowest BCUT2D eigenvalue weighted by Gasteiger charge is -2.12. The van der Waals surface area contributed by atoms with Gasteiger partial charge in [-0.25, -0.2) is 0 Å². The van der Waals surface area contributed by atoms with Crippen molar-refractivity contribution in [2.45, 2.75) is 16.8 Å². The predicted octanol–water partition coefficient (Wildman–Crippen LogP) is 6.01. The fourth-order valence-electron chi connectivity index (χ4n) is 2.88. The van der Waals surface area contributed by atoms with Gasteiger partial charge in [0.25, 0.3) is 5.56 Å². The van der Waals surface area contributed by atoms with Crippen molar-refractivity contribution in [3.05, 3.63) is 105 Å². The van der Waals surface area contributed by atoms with Crippen molar-refractivity contribution in [1.29, 1.82) is 5.26 Å². The van der Waals surface area contributed by atoms with Crippen LogP contribution in [0, 0.1) is 18.3 Å². The molecule has 0 amide bonds. The Morgan fingerprint density at radius 2 is 1.61 bits per heavy atom. The van der Waals surface area contributed by atoms with Gasteiger partial charge in [-0.2, -0.15) is 15.0 Å². The molecular weight excluding hydrogens is 430 g/mol. The molecule has 3 aromatic carbocycles. The number of para-hydroxylation sites is 1. The molecular formula is C24H16ClN3O2S. The van der Waals surface area contributed by atoms with Gasteiger partial charge >= 0.3 is 0 Å². The Balaban J connectivity index is 1.69. The van der Waals surface area contributed by atoms with Crippen molar-refractivity contribution in [1.82, 2.24) is 9.78 Å². The van der Waals surface area contributed by atoms with E-state index in [4.69, 9.17) is 16.3 Å². The number of hydrogen-bond donors (Lipinski definition) is 0. The SMILES string of the molecule is Cc1c(Sc2ccc(Cl)cc2)nn(-c2ccc(Oc3ccccc3)cc2)c(=O)c1C#N. The molecule has 0 saturated heterocycles. The van der Waals surface area contributed by atoms with Crippen LogP contribution in [-0.4, -0.2) is 9.78 Å². The van der Waals surface area contributed by atoms with Gasteiger partial charge in [-0.15, -0.1) is 0 Å². The molecule has 4 rings (SSSR count). The summed E-state index contributed by atoms with van der Waals surface area (Å²) in [6, 6.07) is 25.7. The van der Waals surface area contributed by atoms with Crippen molar-refractivity contribution in [3.8, 4) is 23.3 Å². The quantitative estimate of drug-likeness (QED) is 0.376. The number of nitrogens with zero attached hydrogens (tertiary/aromatic N) is 3. The van der Waals surface area contributed by atoms with E-state index in [1.165, 1.54) is 16.4 Å². The van der Waals surface area contributed by atoms with Gasteiger partial charge in [-0.1, -0.05) is 41.6 Å². The maximum atomic E-state index is 12.9. The largest absolute Gasteiger partial charge is 0.457 e. The monoisotopic (exact) mass is 445 g/mol. The normalized spacial score (nSPS) is 10.5. The predicted molar refractivity (Wildman–Crippen MR) is 121 cm³/mol. The minimum Gasteiger partial charge on any atom is -0.457 e. The molecule has 0 spiro atoms. The molecule has 152 valence electrons. The summed E-state index contributed by atoms with van der Waals surface area (Å²) in [6.07, 6.45) is 0. The van der Waals surface area contributed by atoms with E-state index in [0.29, 0.717) is 32.8 Å². The number of aromatic nitrogens is 2. The Kier molecular flexibility index (Phi) is 6.08. The zero-order chi connectivity index (χ0) is 21.8. The third-order valence-electron chi connectivity index (χ3n) is 4.49. The zero-order valence-corrected chi connectivity index (χ0v) is 18.0. The minimum atomic E-state index is -0.461. The molecule has 4 aromatic rings. The summed E-state index contributed by atoms with van der Waals surface area (Å²) in [7, 11) is 0. The third kappa shape index (κ3) is 4.64. The van der Waals surface area contributed by atoms with Crippen LogP contribution >= 0.6 is 23.4 Å². The number of ether oxygens (including phenoxy) is 1. The molecule has 0 fully saturated rings. The average molecular weight is 446 g/mol. The number of rotatable bonds is 5. The molecule has 0 aliphatic carbocycles. The van der Waals surface area contributed by atoms with Crippen LogP contribution in [-0.2, 0) is 0 Å². The summed E-state index contributed by atoms with van der Waals surface area (Å²) in [5.74, 6) is 1.35. The van der Waals surface area contributed by atoms with E-state index in [1.54, 1.807) is 43.3 Å². The molecule has 0 atom stereocenters. The Hall–Kier alpha value is -3.53. The van der Waals surface area contributed by atoms with Gasteiger partial charge in [0.05, 0.1) is 5.69 Å². The highest BCUT2D eigenvalue weighted by Gasteiger charge is 2.16. The van der Waals surface area contributed by atoms with E-state index < -0.39 is 5.56 Å². The topological polar surface area (TPSA) is 67.9 Å². The summed E-state index contributed by atoms with van der Waals surface area (Å²) < 4.78 is 7.05. The van der Waals surface area contributed by atoms with Crippen LogP contribution in [0.15, 0.2) is 93.6 Å². The van der Waals surface area contributed by atoms with Crippen LogP contribution in [0.3, 0.4) is 0 Å². The number of hydrogen-bond acceptors (Lipinski definition) is 5. The molecule has 5 nitrogen and oxygen atoms in total. The van der Waals surface area contributed by atoms with E-state index in [0.717, 1.165) is 4.90 Å². The first-order valence-corrected chi connectivity index (χ1v) is 10.6. The first-order chi connectivity index (χ1) is 15.0. The first-order valence-electron chi connectivity index (χ1n) is 9.36. The summed E-state index contributed by atoms with van der Waals surface area (Å²) in [5.41, 5.74) is 0.695. The number of nitriles is 1. The average Bonchev–Trinajstić information content (AvgIpc) is 2.79. The van der Waals surface area contributed by atoms with Crippen molar-refractivity contribution in [2.75, 3.05) is 0 Å². The molecule has 0 bridgehead atoms. The van der Waals surface area contributed by atoms with Crippen LogP contribution in [0.25, 0.3) is 5.69 Å². The molecule has 0 radical (unpaired) electrons. The molecule has 1 heterocycles. The molecule has 0 unspecified atom stereocenters. The Labute approximate surface area is 188 Å². The van der Waals surface area contributed by atoms with Crippen molar-refractivity contribution in [2.24, 2.45) is 0 Å². The number of halogens is 1. The lowest BCUT2D eigenvalue weighted by atomic mass is 10.2. The maximum absolute atomic E-state index is 12.9.